The maximum Gasteiger partial charge on any atom is 0.224 e. The van der Waals surface area contributed by atoms with Crippen molar-refractivity contribution in [3.63, 3.8) is 0 Å². The van der Waals surface area contributed by atoms with E-state index in [-0.39, 0.29) is 12.0 Å². The lowest BCUT2D eigenvalue weighted by Crippen LogP contribution is -2.30. The van der Waals surface area contributed by atoms with Crippen LogP contribution in [0, 0.1) is 5.92 Å². The Bertz CT molecular complexity index is 521. The van der Waals surface area contributed by atoms with Crippen molar-refractivity contribution >= 4 is 5.91 Å². The number of ether oxygens (including phenoxy) is 2. The van der Waals surface area contributed by atoms with Gasteiger partial charge in [-0.05, 0) is 12.0 Å². The molecule has 0 N–H and O–H groups in total. The molecule has 0 bridgehead atoms. The molecule has 5 nitrogen and oxygen atoms in total. The van der Waals surface area contributed by atoms with Crippen LogP contribution in [0.3, 0.4) is 0 Å². The molecule has 3 rings (SSSR count). The lowest BCUT2D eigenvalue weighted by molar-refractivity contribution is -0.131. The van der Waals surface area contributed by atoms with Gasteiger partial charge in [0.25, 0.3) is 0 Å². The van der Waals surface area contributed by atoms with Gasteiger partial charge >= 0.3 is 0 Å². The monoisotopic (exact) mass is 332 g/mol. The molecule has 132 valence electrons. The molecule has 1 aromatic rings. The van der Waals surface area contributed by atoms with Crippen LogP contribution < -0.4 is 0 Å². The zero-order valence-electron chi connectivity index (χ0n) is 14.7. The van der Waals surface area contributed by atoms with E-state index < -0.39 is 0 Å². The molecule has 0 spiro atoms. The van der Waals surface area contributed by atoms with Crippen LogP contribution in [0.2, 0.25) is 0 Å². The average molecular weight is 332 g/mol. The molecule has 2 aliphatic heterocycles. The van der Waals surface area contributed by atoms with E-state index in [1.165, 1.54) is 5.56 Å². The summed E-state index contributed by atoms with van der Waals surface area (Å²) in [6.07, 6.45) is 1.91. The zero-order valence-corrected chi connectivity index (χ0v) is 14.7. The number of fused-ring (bicyclic) bond motifs is 1. The van der Waals surface area contributed by atoms with Gasteiger partial charge in [0.2, 0.25) is 5.91 Å². The summed E-state index contributed by atoms with van der Waals surface area (Å²) >= 11 is 0. The van der Waals surface area contributed by atoms with Crippen molar-refractivity contribution in [1.82, 2.24) is 9.80 Å². The molecular formula is C19H28N2O3. The highest BCUT2D eigenvalue weighted by Gasteiger charge is 2.42. The van der Waals surface area contributed by atoms with Crippen molar-refractivity contribution in [3.05, 3.63) is 35.9 Å². The molecule has 0 aromatic heterocycles. The van der Waals surface area contributed by atoms with E-state index in [0.29, 0.717) is 25.0 Å². The van der Waals surface area contributed by atoms with Gasteiger partial charge in [-0.15, -0.1) is 0 Å². The van der Waals surface area contributed by atoms with Crippen molar-refractivity contribution < 1.29 is 14.3 Å². The fourth-order valence-electron chi connectivity index (χ4n) is 3.60. The number of benzene rings is 1. The number of hydrogen-bond donors (Lipinski definition) is 0. The van der Waals surface area contributed by atoms with E-state index in [9.17, 15) is 4.79 Å². The van der Waals surface area contributed by atoms with Crippen LogP contribution in [0.1, 0.15) is 18.4 Å². The first-order valence-corrected chi connectivity index (χ1v) is 8.81. The highest BCUT2D eigenvalue weighted by molar-refractivity contribution is 5.76. The van der Waals surface area contributed by atoms with Crippen molar-refractivity contribution in [2.45, 2.75) is 31.7 Å². The first kappa shape index (κ1) is 17.4. The number of carbonyl (C=O) groups excluding carboxylic acids is 1. The maximum atomic E-state index is 11.8. The van der Waals surface area contributed by atoms with E-state index in [0.717, 1.165) is 32.7 Å². The van der Waals surface area contributed by atoms with Crippen molar-refractivity contribution in [1.29, 1.82) is 0 Å². The van der Waals surface area contributed by atoms with Crippen LogP contribution in [0.25, 0.3) is 0 Å². The first-order chi connectivity index (χ1) is 11.6. The number of nitrogens with zero attached hydrogens (tertiary/aromatic N) is 2. The van der Waals surface area contributed by atoms with Crippen LogP contribution in [0.4, 0.5) is 0 Å². The summed E-state index contributed by atoms with van der Waals surface area (Å²) in [5.41, 5.74) is 1.22. The van der Waals surface area contributed by atoms with Crippen molar-refractivity contribution in [2.75, 3.05) is 40.3 Å². The van der Waals surface area contributed by atoms with Gasteiger partial charge in [0.05, 0.1) is 31.8 Å². The Balaban J connectivity index is 1.32. The smallest absolute Gasteiger partial charge is 0.224 e. The van der Waals surface area contributed by atoms with E-state index in [1.54, 1.807) is 19.0 Å². The van der Waals surface area contributed by atoms with Gasteiger partial charge < -0.3 is 14.4 Å². The first-order valence-electron chi connectivity index (χ1n) is 8.81. The number of likely N-dealkylation sites (tertiary alicyclic amines) is 1. The lowest BCUT2D eigenvalue weighted by Gasteiger charge is -2.19. The van der Waals surface area contributed by atoms with Gasteiger partial charge in [-0.2, -0.15) is 0 Å². The molecule has 2 saturated heterocycles. The Hall–Kier alpha value is -1.43. The van der Waals surface area contributed by atoms with Crippen molar-refractivity contribution in [3.8, 4) is 0 Å². The highest BCUT2D eigenvalue weighted by Crippen LogP contribution is 2.34. The van der Waals surface area contributed by atoms with Crippen LogP contribution in [-0.4, -0.2) is 68.3 Å². The third-order valence-electron chi connectivity index (χ3n) is 4.95. The quantitative estimate of drug-likeness (QED) is 0.714. The Kier molecular flexibility index (Phi) is 5.87. The van der Waals surface area contributed by atoms with Gasteiger partial charge in [-0.1, -0.05) is 30.3 Å². The summed E-state index contributed by atoms with van der Waals surface area (Å²) in [6, 6.07) is 10.3. The van der Waals surface area contributed by atoms with Crippen LogP contribution in [0.15, 0.2) is 30.3 Å². The second kappa shape index (κ2) is 8.10. The van der Waals surface area contributed by atoms with Gasteiger partial charge in [0.15, 0.2) is 0 Å². The van der Waals surface area contributed by atoms with E-state index in [2.05, 4.69) is 17.0 Å². The van der Waals surface area contributed by atoms with Gasteiger partial charge in [-0.25, -0.2) is 0 Å². The van der Waals surface area contributed by atoms with E-state index in [1.807, 2.05) is 18.2 Å². The molecular weight excluding hydrogens is 304 g/mol. The van der Waals surface area contributed by atoms with Crippen molar-refractivity contribution in [2.24, 2.45) is 5.92 Å². The third kappa shape index (κ3) is 4.56. The third-order valence-corrected chi connectivity index (χ3v) is 4.95. The molecule has 2 fully saturated rings. The lowest BCUT2D eigenvalue weighted by atomic mass is 10.0. The maximum absolute atomic E-state index is 11.8. The number of carbonyl (C=O) groups is 1. The second-order valence-electron chi connectivity index (χ2n) is 7.08. The summed E-state index contributed by atoms with van der Waals surface area (Å²) < 4.78 is 11.9. The predicted molar refractivity (Wildman–Crippen MR) is 92.6 cm³/mol. The topological polar surface area (TPSA) is 42.0 Å². The molecule has 2 heterocycles. The molecule has 2 aliphatic rings. The summed E-state index contributed by atoms with van der Waals surface area (Å²) in [7, 11) is 3.60. The van der Waals surface area contributed by atoms with Gasteiger partial charge in [0.1, 0.15) is 0 Å². The molecule has 5 heteroatoms. The Morgan fingerprint density at radius 3 is 2.79 bits per heavy atom. The fourth-order valence-corrected chi connectivity index (χ4v) is 3.60. The molecule has 24 heavy (non-hydrogen) atoms. The minimum Gasteiger partial charge on any atom is -0.375 e. The average Bonchev–Trinajstić information content (AvgIpc) is 3.10. The molecule has 3 atom stereocenters. The SMILES string of the molecule is CN(C)C(=O)C[C@H]1C[C@H]2CN(CCOCc3ccccc3)C[C@H]2O1. The van der Waals surface area contributed by atoms with E-state index >= 15 is 0 Å². The summed E-state index contributed by atoms with van der Waals surface area (Å²) in [4.78, 5) is 15.9. The predicted octanol–water partition coefficient (Wildman–Crippen LogP) is 1.77. The highest BCUT2D eigenvalue weighted by atomic mass is 16.5. The zero-order chi connectivity index (χ0) is 16.9. The number of amides is 1. The number of hydrogen-bond acceptors (Lipinski definition) is 4. The molecule has 1 aromatic carbocycles. The second-order valence-corrected chi connectivity index (χ2v) is 7.08. The fraction of sp³-hybridized carbons (Fsp3) is 0.632. The Labute approximate surface area is 144 Å². The summed E-state index contributed by atoms with van der Waals surface area (Å²) in [6.45, 7) is 4.40. The molecule has 0 radical (unpaired) electrons. The Morgan fingerprint density at radius 2 is 2.08 bits per heavy atom. The number of rotatable bonds is 7. The summed E-state index contributed by atoms with van der Waals surface area (Å²) in [5, 5.41) is 0. The molecule has 0 unspecified atom stereocenters. The molecule has 0 aliphatic carbocycles. The van der Waals surface area contributed by atoms with Crippen LogP contribution in [0.5, 0.6) is 0 Å². The largest absolute Gasteiger partial charge is 0.375 e. The summed E-state index contributed by atoms with van der Waals surface area (Å²) in [5.74, 6) is 0.727. The molecule has 0 saturated carbocycles. The minimum atomic E-state index is 0.103. The van der Waals surface area contributed by atoms with E-state index in [4.69, 9.17) is 9.47 Å². The van der Waals surface area contributed by atoms with Gasteiger partial charge in [0, 0.05) is 39.6 Å². The van der Waals surface area contributed by atoms with Crippen LogP contribution in [-0.2, 0) is 20.9 Å². The Morgan fingerprint density at radius 1 is 1.29 bits per heavy atom. The van der Waals surface area contributed by atoms with Crippen LogP contribution >= 0.6 is 0 Å². The van der Waals surface area contributed by atoms with Gasteiger partial charge in [-0.3, -0.25) is 9.69 Å². The minimum absolute atomic E-state index is 0.103. The molecule has 1 amide bonds. The standard InChI is InChI=1S/C19H28N2O3/c1-20(2)19(22)11-17-10-16-12-21(13-18(16)24-17)8-9-23-14-15-6-4-3-5-7-15/h3-7,16-18H,8-14H2,1-2H3/t16-,17+,18+/m0/s1. The normalized spacial score (nSPS) is 26.5.